The molecule has 0 spiro atoms. The van der Waals surface area contributed by atoms with Gasteiger partial charge in [-0.25, -0.2) is 4.79 Å². The smallest absolute Gasteiger partial charge is 0.316 e. The molecule has 178 valence electrons. The third kappa shape index (κ3) is 6.50. The monoisotopic (exact) mass is 458 g/mol. The molecular weight excluding hydrogens is 428 g/mol. The number of benzene rings is 2. The van der Waals surface area contributed by atoms with Crippen molar-refractivity contribution in [1.29, 1.82) is 0 Å². The van der Waals surface area contributed by atoms with Crippen LogP contribution in [0.1, 0.15) is 17.5 Å². The molecule has 0 bridgehead atoms. The fourth-order valence-electron chi connectivity index (χ4n) is 3.62. The van der Waals surface area contributed by atoms with Crippen molar-refractivity contribution in [1.82, 2.24) is 5.32 Å². The van der Waals surface area contributed by atoms with Gasteiger partial charge in [0.1, 0.15) is 18.5 Å². The maximum atomic E-state index is 11.7. The summed E-state index contributed by atoms with van der Waals surface area (Å²) in [5.41, 5.74) is 8.11. The molecule has 10 nitrogen and oxygen atoms in total. The van der Waals surface area contributed by atoms with Crippen molar-refractivity contribution in [3.8, 4) is 17.2 Å². The van der Waals surface area contributed by atoms with E-state index in [0.717, 1.165) is 17.5 Å². The van der Waals surface area contributed by atoms with E-state index >= 15 is 0 Å². The Bertz CT molecular complexity index is 997. The van der Waals surface area contributed by atoms with Crippen LogP contribution in [0.2, 0.25) is 0 Å². The van der Waals surface area contributed by atoms with Crippen molar-refractivity contribution in [2.24, 2.45) is 5.73 Å². The first-order valence-corrected chi connectivity index (χ1v) is 10.7. The normalized spacial score (nSPS) is 13.5. The zero-order valence-electron chi connectivity index (χ0n) is 18.8. The summed E-state index contributed by atoms with van der Waals surface area (Å²) in [4.78, 5) is 23.0. The zero-order valence-corrected chi connectivity index (χ0v) is 18.8. The Morgan fingerprint density at radius 3 is 2.70 bits per heavy atom. The predicted molar refractivity (Wildman–Crippen MR) is 124 cm³/mol. The fourth-order valence-corrected chi connectivity index (χ4v) is 3.62. The molecule has 6 N–H and O–H groups in total. The number of aliphatic hydroxyl groups excluding tert-OH is 1. The molecule has 1 atom stereocenters. The Hall–Kier alpha value is -3.50. The third-order valence-corrected chi connectivity index (χ3v) is 5.23. The van der Waals surface area contributed by atoms with Gasteiger partial charge in [0.05, 0.1) is 19.9 Å². The van der Waals surface area contributed by atoms with Gasteiger partial charge in [0, 0.05) is 24.2 Å². The second-order valence-corrected chi connectivity index (χ2v) is 7.61. The van der Waals surface area contributed by atoms with Crippen molar-refractivity contribution in [3.05, 3.63) is 41.5 Å². The molecule has 1 heterocycles. The number of methoxy groups -OCH3 is 2. The minimum absolute atomic E-state index is 0.00119. The van der Waals surface area contributed by atoms with Crippen LogP contribution in [0.5, 0.6) is 17.2 Å². The summed E-state index contributed by atoms with van der Waals surface area (Å²) < 4.78 is 16.4. The zero-order chi connectivity index (χ0) is 23.8. The van der Waals surface area contributed by atoms with Crippen LogP contribution in [0.3, 0.4) is 0 Å². The number of hydrogen-bond donors (Lipinski definition) is 5. The standard InChI is InChI=1S/C23H30N4O6/c1-31-19-7-3-14(11-20(19)32-2)9-10-25-12-15(28)13-33-22-16-4-8-21(29)26-17(16)5-6-18(22)27-23(24)30/h3,5-7,11,15,25,28H,4,8-10,12-13H2,1-2H3,(H,26,29)(H3,24,27,30). The van der Waals surface area contributed by atoms with Crippen molar-refractivity contribution >= 4 is 23.3 Å². The third-order valence-electron chi connectivity index (χ3n) is 5.23. The summed E-state index contributed by atoms with van der Waals surface area (Å²) in [6.07, 6.45) is 0.728. The number of amides is 3. The van der Waals surface area contributed by atoms with Crippen LogP contribution in [0.4, 0.5) is 16.2 Å². The summed E-state index contributed by atoms with van der Waals surface area (Å²) in [5.74, 6) is 1.67. The number of urea groups is 1. The van der Waals surface area contributed by atoms with Gasteiger partial charge in [0.25, 0.3) is 0 Å². The van der Waals surface area contributed by atoms with Crippen LogP contribution in [0.15, 0.2) is 30.3 Å². The van der Waals surface area contributed by atoms with E-state index in [1.54, 1.807) is 26.4 Å². The van der Waals surface area contributed by atoms with Gasteiger partial charge in [-0.05, 0) is 49.2 Å². The summed E-state index contributed by atoms with van der Waals surface area (Å²) in [6, 6.07) is 8.32. The van der Waals surface area contributed by atoms with E-state index < -0.39 is 12.1 Å². The molecule has 1 aliphatic heterocycles. The lowest BCUT2D eigenvalue weighted by atomic mass is 10.0. The number of rotatable bonds is 11. The quantitative estimate of drug-likeness (QED) is 0.322. The van der Waals surface area contributed by atoms with Crippen molar-refractivity contribution in [2.75, 3.05) is 44.5 Å². The van der Waals surface area contributed by atoms with E-state index in [0.29, 0.717) is 54.6 Å². The Morgan fingerprint density at radius 1 is 1.18 bits per heavy atom. The number of hydrogen-bond acceptors (Lipinski definition) is 7. The van der Waals surface area contributed by atoms with Crippen LogP contribution in [-0.4, -0.2) is 57.1 Å². The highest BCUT2D eigenvalue weighted by molar-refractivity contribution is 5.97. The highest BCUT2D eigenvalue weighted by atomic mass is 16.5. The van der Waals surface area contributed by atoms with E-state index in [4.69, 9.17) is 19.9 Å². The number of primary amides is 1. The first-order valence-electron chi connectivity index (χ1n) is 10.7. The van der Waals surface area contributed by atoms with Gasteiger partial charge in [0.2, 0.25) is 5.91 Å². The molecule has 2 aromatic carbocycles. The molecule has 0 aromatic heterocycles. The lowest BCUT2D eigenvalue weighted by Crippen LogP contribution is -2.33. The summed E-state index contributed by atoms with van der Waals surface area (Å²) in [5, 5.41) is 18.9. The minimum Gasteiger partial charge on any atom is -0.493 e. The van der Waals surface area contributed by atoms with Crippen molar-refractivity contribution < 1.29 is 28.9 Å². The molecule has 0 aliphatic carbocycles. The van der Waals surface area contributed by atoms with Gasteiger partial charge in [-0.15, -0.1) is 0 Å². The molecule has 3 amide bonds. The number of carbonyl (C=O) groups is 2. The Labute approximate surface area is 192 Å². The van der Waals surface area contributed by atoms with Gasteiger partial charge in [-0.2, -0.15) is 0 Å². The lowest BCUT2D eigenvalue weighted by Gasteiger charge is -2.23. The molecule has 10 heteroatoms. The number of carbonyl (C=O) groups excluding carboxylic acids is 2. The van der Waals surface area contributed by atoms with Gasteiger partial charge < -0.3 is 41.0 Å². The van der Waals surface area contributed by atoms with E-state index in [-0.39, 0.29) is 12.5 Å². The summed E-state index contributed by atoms with van der Waals surface area (Å²) in [6.45, 7) is 0.965. The molecule has 0 radical (unpaired) electrons. The number of nitrogens with two attached hydrogens (primary N) is 1. The highest BCUT2D eigenvalue weighted by Gasteiger charge is 2.22. The fraction of sp³-hybridized carbons (Fsp3) is 0.391. The van der Waals surface area contributed by atoms with Gasteiger partial charge in [-0.3, -0.25) is 4.79 Å². The molecule has 2 aromatic rings. The van der Waals surface area contributed by atoms with Crippen molar-refractivity contribution in [2.45, 2.75) is 25.4 Å². The van der Waals surface area contributed by atoms with Gasteiger partial charge in [-0.1, -0.05) is 6.07 Å². The molecule has 3 rings (SSSR count). The summed E-state index contributed by atoms with van der Waals surface area (Å²) >= 11 is 0. The average Bonchev–Trinajstić information content (AvgIpc) is 2.80. The maximum Gasteiger partial charge on any atom is 0.316 e. The molecule has 0 saturated heterocycles. The molecule has 1 aliphatic rings. The van der Waals surface area contributed by atoms with Crippen LogP contribution >= 0.6 is 0 Å². The maximum absolute atomic E-state index is 11.7. The van der Waals surface area contributed by atoms with Crippen molar-refractivity contribution in [3.63, 3.8) is 0 Å². The first-order chi connectivity index (χ1) is 15.9. The van der Waals surface area contributed by atoms with Crippen LogP contribution in [0.25, 0.3) is 0 Å². The number of ether oxygens (including phenoxy) is 3. The molecule has 1 unspecified atom stereocenters. The molecule has 0 fully saturated rings. The first kappa shape index (κ1) is 24.1. The summed E-state index contributed by atoms with van der Waals surface area (Å²) in [7, 11) is 3.19. The second kappa shape index (κ2) is 11.4. The van der Waals surface area contributed by atoms with Crippen LogP contribution in [0, 0.1) is 0 Å². The van der Waals surface area contributed by atoms with E-state index in [9.17, 15) is 14.7 Å². The molecule has 33 heavy (non-hydrogen) atoms. The van der Waals surface area contributed by atoms with E-state index in [2.05, 4.69) is 16.0 Å². The van der Waals surface area contributed by atoms with Crippen LogP contribution in [-0.2, 0) is 17.6 Å². The number of fused-ring (bicyclic) bond motifs is 1. The van der Waals surface area contributed by atoms with E-state index in [1.165, 1.54) is 0 Å². The van der Waals surface area contributed by atoms with Crippen LogP contribution < -0.4 is 35.9 Å². The predicted octanol–water partition coefficient (Wildman–Crippen LogP) is 1.65. The number of anilines is 2. The Balaban J connectivity index is 1.53. The Kier molecular flexibility index (Phi) is 8.34. The largest absolute Gasteiger partial charge is 0.493 e. The number of nitrogens with one attached hydrogen (secondary N) is 3. The second-order valence-electron chi connectivity index (χ2n) is 7.61. The lowest BCUT2D eigenvalue weighted by molar-refractivity contribution is -0.116. The van der Waals surface area contributed by atoms with E-state index in [1.807, 2.05) is 18.2 Å². The molecular formula is C23H30N4O6. The topological polar surface area (TPSA) is 144 Å². The van der Waals surface area contributed by atoms with Gasteiger partial charge >= 0.3 is 6.03 Å². The number of aliphatic hydroxyl groups is 1. The molecule has 0 saturated carbocycles. The Morgan fingerprint density at radius 2 is 1.97 bits per heavy atom. The minimum atomic E-state index is -0.786. The average molecular weight is 459 g/mol. The SMILES string of the molecule is COc1ccc(CCNCC(O)COc2c(NC(N)=O)ccc3c2CCC(=O)N3)cc1OC. The van der Waals surface area contributed by atoms with Gasteiger partial charge in [0.15, 0.2) is 11.5 Å². The highest BCUT2D eigenvalue weighted by Crippen LogP contribution is 2.37.